The van der Waals surface area contributed by atoms with Gasteiger partial charge in [-0.2, -0.15) is 0 Å². The van der Waals surface area contributed by atoms with Gasteiger partial charge in [-0.15, -0.1) is 0 Å². The first-order valence-corrected chi connectivity index (χ1v) is 16.7. The summed E-state index contributed by atoms with van der Waals surface area (Å²) in [6.45, 7) is 20.4. The maximum atomic E-state index is 16.3. The molecule has 0 aliphatic carbocycles. The number of esters is 1. The summed E-state index contributed by atoms with van der Waals surface area (Å²) in [5, 5.41) is 16.7. The average molecular weight is 661 g/mol. The Hall–Kier alpha value is -2.98. The number of aliphatic hydroxyl groups is 1. The van der Waals surface area contributed by atoms with Gasteiger partial charge in [0.15, 0.2) is 5.78 Å². The van der Waals surface area contributed by atoms with Gasteiger partial charge in [0.2, 0.25) is 5.91 Å². The average Bonchev–Trinajstić information content (AvgIpc) is 2.99. The number of hydrogen-bond acceptors (Lipinski definition) is 8. The van der Waals surface area contributed by atoms with Crippen LogP contribution in [0.5, 0.6) is 0 Å². The second-order valence-electron chi connectivity index (χ2n) is 14.7. The van der Waals surface area contributed by atoms with Crippen molar-refractivity contribution in [1.82, 2.24) is 0 Å². The Labute approximate surface area is 280 Å². The van der Waals surface area contributed by atoms with E-state index in [4.69, 9.17) is 14.3 Å². The van der Waals surface area contributed by atoms with Crippen molar-refractivity contribution in [2.24, 2.45) is 39.2 Å². The number of amides is 1. The SMILES string of the molecule is CC[C@H]1OC(=O)[C@@](C)(F)C(=O)[C@H](C)C(C)(C)C(C)(C)OC/C(=N/OCc2ccccc2)CC[C@H]([C@@H](C)/C(=N/C(C)=O)C(C)C)[C@]1(C)O. The fourth-order valence-corrected chi connectivity index (χ4v) is 6.33. The molecule has 1 N–H and O–H groups in total. The summed E-state index contributed by atoms with van der Waals surface area (Å²) in [4.78, 5) is 49.4. The molecule has 1 aromatic rings. The highest BCUT2D eigenvalue weighted by Crippen LogP contribution is 2.44. The maximum Gasteiger partial charge on any atom is 0.351 e. The molecule has 6 atom stereocenters. The number of rotatable bonds is 7. The van der Waals surface area contributed by atoms with E-state index in [-0.39, 0.29) is 31.5 Å². The summed E-state index contributed by atoms with van der Waals surface area (Å²) < 4.78 is 28.4. The highest BCUT2D eigenvalue weighted by molar-refractivity contribution is 6.08. The Balaban J connectivity index is 2.73. The van der Waals surface area contributed by atoms with Gasteiger partial charge >= 0.3 is 5.97 Å². The number of carbonyl (C=O) groups is 3. The molecule has 0 radical (unpaired) electrons. The molecule has 10 heteroatoms. The molecule has 1 aliphatic rings. The largest absolute Gasteiger partial charge is 0.457 e. The molecule has 9 nitrogen and oxygen atoms in total. The highest BCUT2D eigenvalue weighted by Gasteiger charge is 2.55. The lowest BCUT2D eigenvalue weighted by Crippen LogP contribution is -2.56. The minimum absolute atomic E-state index is 0.0352. The lowest BCUT2D eigenvalue weighted by Gasteiger charge is -2.45. The maximum absolute atomic E-state index is 16.3. The van der Waals surface area contributed by atoms with E-state index >= 15 is 4.39 Å². The minimum atomic E-state index is -2.98. The van der Waals surface area contributed by atoms with Crippen LogP contribution in [0.15, 0.2) is 40.5 Å². The predicted molar refractivity (Wildman–Crippen MR) is 182 cm³/mol. The molecule has 0 aromatic heterocycles. The molecule has 2 rings (SSSR count). The van der Waals surface area contributed by atoms with Gasteiger partial charge in [0, 0.05) is 29.9 Å². The second-order valence-corrected chi connectivity index (χ2v) is 14.7. The number of alkyl halides is 1. The number of halogens is 1. The Morgan fingerprint density at radius 1 is 1.09 bits per heavy atom. The molecular weight excluding hydrogens is 603 g/mol. The first-order chi connectivity index (χ1) is 21.6. The highest BCUT2D eigenvalue weighted by atomic mass is 19.1. The molecule has 0 unspecified atom stereocenters. The lowest BCUT2D eigenvalue weighted by atomic mass is 9.65. The number of carbonyl (C=O) groups excluding carboxylic acids is 3. The normalized spacial score (nSPS) is 31.1. The van der Waals surface area contributed by atoms with Crippen LogP contribution in [0.25, 0.3) is 0 Å². The van der Waals surface area contributed by atoms with E-state index in [1.807, 2.05) is 65.0 Å². The molecule has 47 heavy (non-hydrogen) atoms. The molecule has 264 valence electrons. The number of aliphatic imine (C=N–C) groups is 1. The smallest absolute Gasteiger partial charge is 0.351 e. The van der Waals surface area contributed by atoms with Crippen molar-refractivity contribution in [3.63, 3.8) is 0 Å². The minimum Gasteiger partial charge on any atom is -0.457 e. The number of Topliss-reactive ketones (excluding diaryl/α,β-unsaturated/α-hetero) is 1. The number of ether oxygens (including phenoxy) is 2. The number of cyclic esters (lactones) is 1. The predicted octanol–water partition coefficient (Wildman–Crippen LogP) is 7.08. The summed E-state index contributed by atoms with van der Waals surface area (Å²) in [5.74, 6) is -4.85. The Kier molecular flexibility index (Phi) is 13.6. The van der Waals surface area contributed by atoms with E-state index in [1.54, 1.807) is 34.6 Å². The van der Waals surface area contributed by atoms with Gasteiger partial charge in [0.1, 0.15) is 18.3 Å². The van der Waals surface area contributed by atoms with Gasteiger partial charge in [-0.3, -0.25) is 9.59 Å². The van der Waals surface area contributed by atoms with Crippen LogP contribution in [0.1, 0.15) is 108 Å². The van der Waals surface area contributed by atoms with Crippen molar-refractivity contribution in [1.29, 1.82) is 0 Å². The summed E-state index contributed by atoms with van der Waals surface area (Å²) in [7, 11) is 0. The molecule has 1 fully saturated rings. The fourth-order valence-electron chi connectivity index (χ4n) is 6.33. The van der Waals surface area contributed by atoms with Crippen LogP contribution in [0, 0.1) is 29.1 Å². The molecule has 1 heterocycles. The van der Waals surface area contributed by atoms with E-state index in [0.717, 1.165) is 12.5 Å². The van der Waals surface area contributed by atoms with E-state index in [2.05, 4.69) is 10.1 Å². The zero-order valence-electron chi connectivity index (χ0n) is 30.5. The third-order valence-corrected chi connectivity index (χ3v) is 10.5. The Bertz CT molecular complexity index is 1300. The summed E-state index contributed by atoms with van der Waals surface area (Å²) in [6, 6.07) is 9.60. The van der Waals surface area contributed by atoms with E-state index in [1.165, 1.54) is 6.92 Å². The van der Waals surface area contributed by atoms with Gasteiger partial charge in [0.25, 0.3) is 5.67 Å². The molecule has 0 bridgehead atoms. The standard InChI is InChI=1S/C37H57FN2O7/c1-13-30-37(12,44)29(24(4)31(23(2)3)39-26(6)41)20-19-28(40-46-21-27-17-15-14-16-18-27)22-45-35(9,10)34(7,8)25(5)32(42)36(11,38)33(43)47-30/h14-18,23-25,29-30,44H,13,19-22H2,1-12H3/b39-31+,40-28+/t24-,25+,29-,30-,36+,37+/m1/s1. The summed E-state index contributed by atoms with van der Waals surface area (Å²) in [5.41, 5.74) is -4.55. The van der Waals surface area contributed by atoms with E-state index < -0.39 is 57.9 Å². The zero-order chi connectivity index (χ0) is 36.0. The molecule has 1 saturated heterocycles. The number of benzene rings is 1. The second kappa shape index (κ2) is 15.9. The van der Waals surface area contributed by atoms with Crippen LogP contribution in [-0.2, 0) is 35.3 Å². The van der Waals surface area contributed by atoms with Crippen molar-refractivity contribution in [2.75, 3.05) is 6.61 Å². The van der Waals surface area contributed by atoms with Gasteiger partial charge in [-0.25, -0.2) is 14.2 Å². The molecule has 1 amide bonds. The zero-order valence-corrected chi connectivity index (χ0v) is 30.5. The third kappa shape index (κ3) is 9.56. The van der Waals surface area contributed by atoms with Crippen molar-refractivity contribution in [3.8, 4) is 0 Å². The first-order valence-electron chi connectivity index (χ1n) is 16.7. The van der Waals surface area contributed by atoms with Crippen molar-refractivity contribution in [3.05, 3.63) is 35.9 Å². The quantitative estimate of drug-likeness (QED) is 0.144. The monoisotopic (exact) mass is 660 g/mol. The van der Waals surface area contributed by atoms with Crippen LogP contribution in [0.4, 0.5) is 4.39 Å². The number of ketones is 1. The van der Waals surface area contributed by atoms with Crippen LogP contribution in [0.3, 0.4) is 0 Å². The van der Waals surface area contributed by atoms with E-state index in [0.29, 0.717) is 24.3 Å². The fraction of sp³-hybridized carbons (Fsp3) is 0.703. The van der Waals surface area contributed by atoms with Crippen molar-refractivity contribution < 1.29 is 38.2 Å². The lowest BCUT2D eigenvalue weighted by molar-refractivity contribution is -0.188. The van der Waals surface area contributed by atoms with Crippen LogP contribution in [0.2, 0.25) is 0 Å². The van der Waals surface area contributed by atoms with Gasteiger partial charge < -0.3 is 19.4 Å². The van der Waals surface area contributed by atoms with Crippen LogP contribution in [-0.4, -0.2) is 63.8 Å². The van der Waals surface area contributed by atoms with E-state index in [9.17, 15) is 19.5 Å². The summed E-state index contributed by atoms with van der Waals surface area (Å²) in [6.07, 6.45) is -0.395. The molecule has 0 saturated carbocycles. The van der Waals surface area contributed by atoms with Gasteiger partial charge in [-0.05, 0) is 64.4 Å². The molecule has 1 aromatic carbocycles. The number of oxime groups is 1. The Morgan fingerprint density at radius 2 is 1.68 bits per heavy atom. The summed E-state index contributed by atoms with van der Waals surface area (Å²) >= 11 is 0. The number of nitrogens with zero attached hydrogens (tertiary/aromatic N) is 2. The van der Waals surface area contributed by atoms with Crippen molar-refractivity contribution in [2.45, 2.75) is 132 Å². The molecule has 1 aliphatic heterocycles. The Morgan fingerprint density at radius 3 is 2.21 bits per heavy atom. The van der Waals surface area contributed by atoms with Crippen LogP contribution >= 0.6 is 0 Å². The topological polar surface area (TPSA) is 124 Å². The third-order valence-electron chi connectivity index (χ3n) is 10.5. The molecular formula is C37H57FN2O7. The molecule has 0 spiro atoms. The van der Waals surface area contributed by atoms with Crippen LogP contribution < -0.4 is 0 Å². The number of hydrogen-bond donors (Lipinski definition) is 1. The van der Waals surface area contributed by atoms with Crippen molar-refractivity contribution >= 4 is 29.1 Å². The van der Waals surface area contributed by atoms with Gasteiger partial charge in [-0.1, -0.05) is 84.0 Å². The first kappa shape index (κ1) is 40.2. The van der Waals surface area contributed by atoms with Gasteiger partial charge in [0.05, 0.1) is 17.9 Å².